The van der Waals surface area contributed by atoms with E-state index in [4.69, 9.17) is 5.73 Å². The van der Waals surface area contributed by atoms with Crippen LogP contribution in [0, 0.1) is 13.8 Å². The lowest BCUT2D eigenvalue weighted by Gasteiger charge is -2.19. The molecule has 2 heterocycles. The standard InChI is InChI=1S/C18H20N4OS2/c1-11-9-15(16(23)10-24-18-21-20-17(19)25-18)13(3)22(11)12(2)14-7-5-4-6-8-14/h4-9,12H,10H2,1-3H3,(H2,19,20)/t12-/m1/s1. The number of nitrogens with zero attached hydrogens (tertiary/aromatic N) is 3. The van der Waals surface area contributed by atoms with E-state index in [1.165, 1.54) is 28.7 Å². The van der Waals surface area contributed by atoms with E-state index in [0.29, 0.717) is 10.9 Å². The van der Waals surface area contributed by atoms with Gasteiger partial charge in [-0.1, -0.05) is 53.4 Å². The van der Waals surface area contributed by atoms with E-state index in [-0.39, 0.29) is 11.8 Å². The molecule has 0 saturated heterocycles. The maximum absolute atomic E-state index is 12.7. The third-order valence-corrected chi connectivity index (χ3v) is 6.09. The van der Waals surface area contributed by atoms with Gasteiger partial charge in [-0.2, -0.15) is 0 Å². The van der Waals surface area contributed by atoms with Gasteiger partial charge >= 0.3 is 0 Å². The van der Waals surface area contributed by atoms with Crippen molar-refractivity contribution in [1.82, 2.24) is 14.8 Å². The van der Waals surface area contributed by atoms with Crippen molar-refractivity contribution in [3.63, 3.8) is 0 Å². The summed E-state index contributed by atoms with van der Waals surface area (Å²) >= 11 is 2.68. The van der Waals surface area contributed by atoms with Gasteiger partial charge in [0.25, 0.3) is 0 Å². The number of aromatic nitrogens is 3. The third kappa shape index (κ3) is 3.77. The lowest BCUT2D eigenvalue weighted by Crippen LogP contribution is -2.11. The molecule has 2 N–H and O–H groups in total. The molecule has 2 aromatic heterocycles. The van der Waals surface area contributed by atoms with Gasteiger partial charge in [-0.25, -0.2) is 0 Å². The first-order chi connectivity index (χ1) is 12.0. The van der Waals surface area contributed by atoms with Crippen LogP contribution in [0.15, 0.2) is 40.7 Å². The Hall–Kier alpha value is -2.12. The molecule has 0 aliphatic carbocycles. The highest BCUT2D eigenvalue weighted by molar-refractivity contribution is 8.01. The molecule has 0 radical (unpaired) electrons. The molecule has 3 aromatic rings. The number of aryl methyl sites for hydroxylation is 1. The molecule has 0 unspecified atom stereocenters. The van der Waals surface area contributed by atoms with E-state index in [9.17, 15) is 4.79 Å². The fourth-order valence-corrected chi connectivity index (χ4v) is 4.54. The zero-order valence-corrected chi connectivity index (χ0v) is 16.0. The number of nitrogen functional groups attached to an aromatic ring is 1. The predicted molar refractivity (Wildman–Crippen MR) is 104 cm³/mol. The number of benzene rings is 1. The van der Waals surface area contributed by atoms with E-state index in [0.717, 1.165) is 21.3 Å². The van der Waals surface area contributed by atoms with Crippen molar-refractivity contribution in [2.24, 2.45) is 0 Å². The first-order valence-electron chi connectivity index (χ1n) is 7.95. The van der Waals surface area contributed by atoms with Crippen LogP contribution in [0.4, 0.5) is 5.13 Å². The van der Waals surface area contributed by atoms with E-state index in [1.54, 1.807) is 0 Å². The average Bonchev–Trinajstić information content (AvgIpc) is 3.16. The van der Waals surface area contributed by atoms with Gasteiger partial charge in [0, 0.05) is 17.0 Å². The molecule has 5 nitrogen and oxygen atoms in total. The van der Waals surface area contributed by atoms with Gasteiger partial charge in [0.1, 0.15) is 0 Å². The predicted octanol–water partition coefficient (Wildman–Crippen LogP) is 4.12. The lowest BCUT2D eigenvalue weighted by molar-refractivity contribution is 0.102. The van der Waals surface area contributed by atoms with Crippen molar-refractivity contribution in [2.45, 2.75) is 31.2 Å². The van der Waals surface area contributed by atoms with Crippen LogP contribution >= 0.6 is 23.1 Å². The summed E-state index contributed by atoms with van der Waals surface area (Å²) in [6, 6.07) is 12.5. The number of thioether (sulfide) groups is 1. The first-order valence-corrected chi connectivity index (χ1v) is 9.76. The van der Waals surface area contributed by atoms with Gasteiger partial charge < -0.3 is 10.3 Å². The first kappa shape index (κ1) is 17.7. The SMILES string of the molecule is Cc1cc(C(=O)CSc2nnc(N)s2)c(C)n1[C@H](C)c1ccccc1. The molecule has 0 fully saturated rings. The van der Waals surface area contributed by atoms with Crippen molar-refractivity contribution in [2.75, 3.05) is 11.5 Å². The maximum atomic E-state index is 12.7. The molecular weight excluding hydrogens is 352 g/mol. The van der Waals surface area contributed by atoms with Crippen LogP contribution in [-0.4, -0.2) is 26.3 Å². The Morgan fingerprint density at radius 3 is 2.64 bits per heavy atom. The molecule has 0 amide bonds. The summed E-state index contributed by atoms with van der Waals surface area (Å²) in [5.74, 6) is 0.428. The molecule has 0 spiro atoms. The molecule has 25 heavy (non-hydrogen) atoms. The van der Waals surface area contributed by atoms with Gasteiger partial charge in [-0.05, 0) is 32.4 Å². The van der Waals surface area contributed by atoms with Crippen LogP contribution in [-0.2, 0) is 0 Å². The number of carbonyl (C=O) groups excluding carboxylic acids is 1. The summed E-state index contributed by atoms with van der Waals surface area (Å²) in [6.07, 6.45) is 0. The quantitative estimate of drug-likeness (QED) is 0.520. The fraction of sp³-hybridized carbons (Fsp3) is 0.278. The summed E-state index contributed by atoms with van der Waals surface area (Å²) in [5, 5.41) is 8.13. The highest BCUT2D eigenvalue weighted by Crippen LogP contribution is 2.28. The second-order valence-corrected chi connectivity index (χ2v) is 8.09. The van der Waals surface area contributed by atoms with Crippen LogP contribution in [0.3, 0.4) is 0 Å². The van der Waals surface area contributed by atoms with Crippen molar-refractivity contribution in [1.29, 1.82) is 0 Å². The largest absolute Gasteiger partial charge is 0.374 e. The minimum Gasteiger partial charge on any atom is -0.374 e. The number of carbonyl (C=O) groups is 1. The summed E-state index contributed by atoms with van der Waals surface area (Å²) in [6.45, 7) is 6.21. The Balaban J connectivity index is 1.80. The van der Waals surface area contributed by atoms with Crippen molar-refractivity contribution >= 4 is 34.0 Å². The van der Waals surface area contributed by atoms with Gasteiger partial charge in [0.05, 0.1) is 11.8 Å². The molecule has 0 aliphatic rings. The number of anilines is 1. The number of hydrogen-bond donors (Lipinski definition) is 1. The minimum atomic E-state index is 0.0957. The fourth-order valence-electron chi connectivity index (χ4n) is 3.02. The highest BCUT2D eigenvalue weighted by Gasteiger charge is 2.20. The Labute approximate surface area is 155 Å². The second kappa shape index (κ2) is 7.41. The Morgan fingerprint density at radius 1 is 1.28 bits per heavy atom. The summed E-state index contributed by atoms with van der Waals surface area (Å²) < 4.78 is 2.94. The van der Waals surface area contributed by atoms with Gasteiger partial charge in [0.2, 0.25) is 5.13 Å². The van der Waals surface area contributed by atoms with Gasteiger partial charge in [-0.15, -0.1) is 10.2 Å². The number of rotatable bonds is 6. The zero-order valence-electron chi connectivity index (χ0n) is 14.4. The van der Waals surface area contributed by atoms with E-state index >= 15 is 0 Å². The Morgan fingerprint density at radius 2 is 2.00 bits per heavy atom. The van der Waals surface area contributed by atoms with Crippen molar-refractivity contribution in [3.05, 3.63) is 58.9 Å². The smallest absolute Gasteiger partial charge is 0.203 e. The normalized spacial score (nSPS) is 12.3. The molecule has 3 rings (SSSR count). The highest BCUT2D eigenvalue weighted by atomic mass is 32.2. The summed E-state index contributed by atoms with van der Waals surface area (Å²) in [7, 11) is 0. The minimum absolute atomic E-state index is 0.0957. The van der Waals surface area contributed by atoms with E-state index < -0.39 is 0 Å². The molecule has 0 aliphatic heterocycles. The van der Waals surface area contributed by atoms with Crippen LogP contribution in [0.25, 0.3) is 0 Å². The molecular formula is C18H20N4OS2. The van der Waals surface area contributed by atoms with Gasteiger partial charge in [0.15, 0.2) is 10.1 Å². The van der Waals surface area contributed by atoms with Crippen LogP contribution in [0.2, 0.25) is 0 Å². The van der Waals surface area contributed by atoms with E-state index in [2.05, 4.69) is 33.8 Å². The topological polar surface area (TPSA) is 73.8 Å². The lowest BCUT2D eigenvalue weighted by atomic mass is 10.1. The monoisotopic (exact) mass is 372 g/mol. The molecule has 130 valence electrons. The average molecular weight is 373 g/mol. The van der Waals surface area contributed by atoms with E-state index in [1.807, 2.05) is 38.1 Å². The van der Waals surface area contributed by atoms with Crippen molar-refractivity contribution in [3.8, 4) is 0 Å². The molecule has 0 saturated carbocycles. The number of nitrogens with two attached hydrogens (primary N) is 1. The Bertz CT molecular complexity index is 886. The summed E-state index contributed by atoms with van der Waals surface area (Å²) in [4.78, 5) is 12.7. The van der Waals surface area contributed by atoms with Crippen LogP contribution < -0.4 is 5.73 Å². The number of hydrogen-bond acceptors (Lipinski definition) is 6. The molecule has 1 aromatic carbocycles. The second-order valence-electron chi connectivity index (χ2n) is 5.86. The van der Waals surface area contributed by atoms with Crippen molar-refractivity contribution < 1.29 is 4.79 Å². The molecule has 0 bridgehead atoms. The molecule has 7 heteroatoms. The van der Waals surface area contributed by atoms with Crippen LogP contribution in [0.1, 0.15) is 40.3 Å². The summed E-state index contributed by atoms with van der Waals surface area (Å²) in [5.41, 5.74) is 9.65. The van der Waals surface area contributed by atoms with Gasteiger partial charge in [-0.3, -0.25) is 4.79 Å². The third-order valence-electron chi connectivity index (χ3n) is 4.20. The zero-order chi connectivity index (χ0) is 18.0. The Kier molecular flexibility index (Phi) is 5.24. The number of Topliss-reactive ketones (excluding diaryl/α,β-unsaturated/α-hetero) is 1. The number of ketones is 1. The van der Waals surface area contributed by atoms with Crippen LogP contribution in [0.5, 0.6) is 0 Å². The molecule has 1 atom stereocenters. The maximum Gasteiger partial charge on any atom is 0.203 e.